The Balaban J connectivity index is 1.26. The first-order chi connectivity index (χ1) is 15.6. The molecule has 162 valence electrons. The fourth-order valence-electron chi connectivity index (χ4n) is 4.53. The molecular formula is C26H22ClNO4. The summed E-state index contributed by atoms with van der Waals surface area (Å²) in [7, 11) is 0. The van der Waals surface area contributed by atoms with E-state index in [0.29, 0.717) is 17.9 Å². The molecule has 5 nitrogen and oxygen atoms in total. The lowest BCUT2D eigenvalue weighted by molar-refractivity contribution is -0.139. The second kappa shape index (κ2) is 8.67. The maximum atomic E-state index is 12.9. The van der Waals surface area contributed by atoms with Crippen LogP contribution in [0.2, 0.25) is 5.02 Å². The van der Waals surface area contributed by atoms with Crippen LogP contribution in [0.1, 0.15) is 29.0 Å². The molecular weight excluding hydrogens is 426 g/mol. The number of hydrogen-bond donors (Lipinski definition) is 0. The Morgan fingerprint density at radius 1 is 0.969 bits per heavy atom. The highest BCUT2D eigenvalue weighted by atomic mass is 35.5. The monoisotopic (exact) mass is 447 g/mol. The van der Waals surface area contributed by atoms with E-state index >= 15 is 0 Å². The van der Waals surface area contributed by atoms with E-state index in [-0.39, 0.29) is 19.3 Å². The van der Waals surface area contributed by atoms with Crippen LogP contribution in [0, 0.1) is 0 Å². The zero-order chi connectivity index (χ0) is 22.1. The number of nitrogens with zero attached hydrogens (tertiary/aromatic N) is 1. The van der Waals surface area contributed by atoms with E-state index in [9.17, 15) is 9.59 Å². The van der Waals surface area contributed by atoms with Crippen LogP contribution in [-0.4, -0.2) is 36.3 Å². The normalized spacial score (nSPS) is 17.1. The van der Waals surface area contributed by atoms with Gasteiger partial charge in [-0.25, -0.2) is 9.59 Å². The van der Waals surface area contributed by atoms with Gasteiger partial charge in [-0.05, 0) is 52.8 Å². The highest BCUT2D eigenvalue weighted by molar-refractivity contribution is 6.30. The predicted molar refractivity (Wildman–Crippen MR) is 121 cm³/mol. The summed E-state index contributed by atoms with van der Waals surface area (Å²) in [4.78, 5) is 26.5. The Hall–Kier alpha value is -3.31. The summed E-state index contributed by atoms with van der Waals surface area (Å²) in [5.41, 5.74) is 5.68. The van der Waals surface area contributed by atoms with Crippen LogP contribution < -0.4 is 0 Å². The van der Waals surface area contributed by atoms with Crippen LogP contribution in [-0.2, 0) is 20.7 Å². The van der Waals surface area contributed by atoms with Crippen LogP contribution in [0.15, 0.2) is 72.8 Å². The number of amides is 1. The quantitative estimate of drug-likeness (QED) is 0.491. The van der Waals surface area contributed by atoms with Gasteiger partial charge in [-0.1, -0.05) is 72.3 Å². The zero-order valence-corrected chi connectivity index (χ0v) is 18.1. The van der Waals surface area contributed by atoms with Crippen molar-refractivity contribution in [2.45, 2.75) is 24.8 Å². The van der Waals surface area contributed by atoms with Crippen molar-refractivity contribution in [2.24, 2.45) is 0 Å². The number of esters is 1. The Morgan fingerprint density at radius 2 is 1.59 bits per heavy atom. The van der Waals surface area contributed by atoms with Gasteiger partial charge >= 0.3 is 12.1 Å². The lowest BCUT2D eigenvalue weighted by Gasteiger charge is -2.21. The first kappa shape index (κ1) is 20.6. The van der Waals surface area contributed by atoms with Gasteiger partial charge in [0.2, 0.25) is 0 Å². The summed E-state index contributed by atoms with van der Waals surface area (Å²) in [5, 5.41) is 0.661. The summed E-state index contributed by atoms with van der Waals surface area (Å²) in [6, 6.07) is 23.2. The maximum Gasteiger partial charge on any atom is 0.413 e. The molecule has 3 aromatic rings. The smallest absolute Gasteiger partial charge is 0.413 e. The average Bonchev–Trinajstić information content (AvgIpc) is 3.35. The molecule has 0 bridgehead atoms. The second-order valence-corrected chi connectivity index (χ2v) is 8.48. The molecule has 2 aliphatic rings. The number of cyclic esters (lactones) is 1. The van der Waals surface area contributed by atoms with Gasteiger partial charge in [-0.2, -0.15) is 0 Å². The fourth-order valence-corrected chi connectivity index (χ4v) is 4.66. The molecule has 1 fully saturated rings. The molecule has 1 saturated heterocycles. The Kier molecular flexibility index (Phi) is 5.58. The van der Waals surface area contributed by atoms with Crippen LogP contribution in [0.5, 0.6) is 0 Å². The molecule has 1 amide bonds. The van der Waals surface area contributed by atoms with Crippen molar-refractivity contribution < 1.29 is 19.1 Å². The van der Waals surface area contributed by atoms with Gasteiger partial charge < -0.3 is 9.47 Å². The van der Waals surface area contributed by atoms with Crippen LogP contribution >= 0.6 is 11.6 Å². The summed E-state index contributed by atoms with van der Waals surface area (Å²) in [5.74, 6) is -0.425. The van der Waals surface area contributed by atoms with Crippen molar-refractivity contribution in [1.82, 2.24) is 4.90 Å². The largest absolute Gasteiger partial charge is 0.448 e. The Bertz CT molecular complexity index is 1110. The summed E-state index contributed by atoms with van der Waals surface area (Å²) < 4.78 is 10.9. The van der Waals surface area contributed by atoms with Crippen LogP contribution in [0.4, 0.5) is 4.79 Å². The number of hydrogen-bond acceptors (Lipinski definition) is 4. The third-order valence-electron chi connectivity index (χ3n) is 6.18. The van der Waals surface area contributed by atoms with Gasteiger partial charge in [0.25, 0.3) is 0 Å². The van der Waals surface area contributed by atoms with Gasteiger partial charge in [0, 0.05) is 10.9 Å². The van der Waals surface area contributed by atoms with E-state index in [4.69, 9.17) is 21.1 Å². The number of ether oxygens (including phenoxy) is 2. The van der Waals surface area contributed by atoms with Crippen molar-refractivity contribution in [2.75, 3.05) is 13.3 Å². The number of rotatable bonds is 5. The molecule has 1 aliphatic carbocycles. The molecule has 1 aliphatic heterocycles. The van der Waals surface area contributed by atoms with Crippen molar-refractivity contribution in [3.05, 3.63) is 94.5 Å². The molecule has 0 saturated carbocycles. The molecule has 6 heteroatoms. The summed E-state index contributed by atoms with van der Waals surface area (Å²) in [6.45, 7) is 0.127. The number of aryl methyl sites for hydroxylation is 1. The molecule has 0 aromatic heterocycles. The van der Waals surface area contributed by atoms with Crippen molar-refractivity contribution in [3.63, 3.8) is 0 Å². The van der Waals surface area contributed by atoms with Gasteiger partial charge in [0.15, 0.2) is 6.73 Å². The highest BCUT2D eigenvalue weighted by Crippen LogP contribution is 2.44. The molecule has 1 atom stereocenters. The number of benzene rings is 3. The third kappa shape index (κ3) is 3.84. The molecule has 0 unspecified atom stereocenters. The lowest BCUT2D eigenvalue weighted by atomic mass is 9.98. The molecule has 32 heavy (non-hydrogen) atoms. The first-order valence-electron chi connectivity index (χ1n) is 10.6. The molecule has 5 rings (SSSR count). The molecule has 0 N–H and O–H groups in total. The maximum absolute atomic E-state index is 12.9. The van der Waals surface area contributed by atoms with E-state index in [1.807, 2.05) is 48.5 Å². The molecule has 3 aromatic carbocycles. The van der Waals surface area contributed by atoms with E-state index < -0.39 is 18.1 Å². The van der Waals surface area contributed by atoms with Gasteiger partial charge in [0.1, 0.15) is 12.6 Å². The van der Waals surface area contributed by atoms with Crippen LogP contribution in [0.25, 0.3) is 11.1 Å². The van der Waals surface area contributed by atoms with Gasteiger partial charge in [0.05, 0.1) is 0 Å². The lowest BCUT2D eigenvalue weighted by Crippen LogP contribution is -2.39. The van der Waals surface area contributed by atoms with E-state index in [1.54, 1.807) is 0 Å². The topological polar surface area (TPSA) is 55.8 Å². The van der Waals surface area contributed by atoms with Crippen molar-refractivity contribution >= 4 is 23.7 Å². The predicted octanol–water partition coefficient (Wildman–Crippen LogP) is 5.41. The Labute approximate surface area is 191 Å². The van der Waals surface area contributed by atoms with Crippen molar-refractivity contribution in [3.8, 4) is 11.1 Å². The van der Waals surface area contributed by atoms with E-state index in [1.165, 1.54) is 16.0 Å². The average molecular weight is 448 g/mol. The number of fused-ring (bicyclic) bond motifs is 3. The third-order valence-corrected chi connectivity index (χ3v) is 6.44. The number of carbonyl (C=O) groups is 2. The molecule has 0 radical (unpaired) electrons. The molecule has 0 spiro atoms. The van der Waals surface area contributed by atoms with Gasteiger partial charge in [-0.3, -0.25) is 4.90 Å². The van der Waals surface area contributed by atoms with E-state index in [0.717, 1.165) is 16.7 Å². The highest BCUT2D eigenvalue weighted by Gasteiger charge is 2.39. The Morgan fingerprint density at radius 3 is 2.25 bits per heavy atom. The van der Waals surface area contributed by atoms with Crippen LogP contribution in [0.3, 0.4) is 0 Å². The number of carbonyl (C=O) groups excluding carboxylic acids is 2. The first-order valence-corrected chi connectivity index (χ1v) is 11.0. The fraction of sp³-hybridized carbons (Fsp3) is 0.231. The summed E-state index contributed by atoms with van der Waals surface area (Å²) >= 11 is 5.94. The SMILES string of the molecule is O=C1OCN(C(=O)OCC2c3ccccc3-c3ccccc32)[C@H]1CCc1ccc(Cl)cc1. The minimum Gasteiger partial charge on any atom is -0.448 e. The summed E-state index contributed by atoms with van der Waals surface area (Å²) in [6.07, 6.45) is 0.563. The molecule has 1 heterocycles. The number of halogens is 1. The van der Waals surface area contributed by atoms with Crippen molar-refractivity contribution in [1.29, 1.82) is 0 Å². The minimum atomic E-state index is -0.652. The second-order valence-electron chi connectivity index (χ2n) is 8.05. The minimum absolute atomic E-state index is 0.0295. The van der Waals surface area contributed by atoms with E-state index in [2.05, 4.69) is 24.3 Å². The standard InChI is InChI=1S/C26H22ClNO4/c27-18-12-9-17(10-13-18)11-14-24-25(29)32-16-28(24)26(30)31-15-23-21-7-3-1-5-19(21)20-6-2-4-8-22(20)23/h1-10,12-13,23-24H,11,14-16H2/t24-/m0/s1. The zero-order valence-electron chi connectivity index (χ0n) is 17.4. The van der Waals surface area contributed by atoms with Gasteiger partial charge in [-0.15, -0.1) is 0 Å².